The van der Waals surface area contributed by atoms with E-state index in [1.807, 2.05) is 0 Å². The maximum absolute atomic E-state index is 13.8. The van der Waals surface area contributed by atoms with E-state index in [1.165, 1.54) is 0 Å². The number of unbranched alkanes of at least 4 members (excludes halogenated alkanes) is 3. The fourth-order valence-electron chi connectivity index (χ4n) is 2.16. The normalized spacial score (nSPS) is 17.3. The molecule has 0 saturated heterocycles. The summed E-state index contributed by atoms with van der Waals surface area (Å²) in [6, 6.07) is 0. The molecule has 0 bridgehead atoms. The Morgan fingerprint density at radius 2 is 1.15 bits per heavy atom. The Balaban J connectivity index is 3.14. The topological polar surface area (TPSA) is 0 Å². The van der Waals surface area contributed by atoms with E-state index >= 15 is 0 Å². The van der Waals surface area contributed by atoms with Gasteiger partial charge in [-0.05, 0) is 0 Å². The van der Waals surface area contributed by atoms with Crippen molar-refractivity contribution in [1.82, 2.24) is 0 Å². The van der Waals surface area contributed by atoms with Crippen LogP contribution >= 0.6 is 0 Å². The van der Waals surface area contributed by atoms with Crippen molar-refractivity contribution in [2.24, 2.45) is 0 Å². The summed E-state index contributed by atoms with van der Waals surface area (Å²) in [5, 5.41) is 0. The number of allylic oxidation sites excluding steroid dienone is 2. The Hall–Kier alpha value is -0.430. The standard InChI is InChI=1S/C15H17F10Te/c1-2-3-4-5-8-11(16,17)12(18,19)13(20,21)14(22,23)15(24,25)26-9-6-7-10-26/h6-7,9-10H,2-5,8H2,1H3. The van der Waals surface area contributed by atoms with Gasteiger partial charge >= 0.3 is 151 Å². The Labute approximate surface area is 151 Å². The Bertz CT molecular complexity index is 527. The van der Waals surface area contributed by atoms with Gasteiger partial charge in [0, 0.05) is 0 Å². The molecule has 0 spiro atoms. The minimum atomic E-state index is -6.93. The first-order valence-corrected chi connectivity index (χ1v) is 11.5. The SMILES string of the molecule is CCCCCCC(F)(F)C(F)(F)C(F)(F)C(F)(F)C(F)(F)[Te]1C=CC=C1. The van der Waals surface area contributed by atoms with Crippen LogP contribution in [-0.4, -0.2) is 47.2 Å². The molecule has 0 fully saturated rings. The molecule has 1 aliphatic rings. The van der Waals surface area contributed by atoms with Crippen LogP contribution < -0.4 is 0 Å². The monoisotopic (exact) mass is 517 g/mol. The summed E-state index contributed by atoms with van der Waals surface area (Å²) in [7, 11) is 0. The van der Waals surface area contributed by atoms with Crippen molar-refractivity contribution in [3.05, 3.63) is 20.4 Å². The summed E-state index contributed by atoms with van der Waals surface area (Å²) in [5.74, 6) is -25.8. The molecule has 1 rings (SSSR count). The first kappa shape index (κ1) is 23.6. The van der Waals surface area contributed by atoms with Gasteiger partial charge < -0.3 is 0 Å². The van der Waals surface area contributed by atoms with Gasteiger partial charge in [0.25, 0.3) is 0 Å². The van der Waals surface area contributed by atoms with E-state index in [4.69, 9.17) is 0 Å². The Morgan fingerprint density at radius 3 is 1.62 bits per heavy atom. The van der Waals surface area contributed by atoms with Crippen molar-refractivity contribution >= 4 is 19.6 Å². The fraction of sp³-hybridized carbons (Fsp3) is 0.733. The number of rotatable bonds is 10. The van der Waals surface area contributed by atoms with Crippen molar-refractivity contribution in [3.8, 4) is 0 Å². The van der Waals surface area contributed by atoms with Crippen LogP contribution in [0.25, 0.3) is 0 Å². The molecule has 0 aromatic carbocycles. The van der Waals surface area contributed by atoms with Crippen LogP contribution in [0.3, 0.4) is 0 Å². The zero-order valence-corrected chi connectivity index (χ0v) is 15.9. The molecular formula is C15H17F10Te. The molecule has 0 aromatic heterocycles. The van der Waals surface area contributed by atoms with Crippen molar-refractivity contribution in [2.75, 3.05) is 0 Å². The third kappa shape index (κ3) is 3.89. The molecule has 26 heavy (non-hydrogen) atoms. The molecule has 1 heterocycles. The second kappa shape index (κ2) is 7.90. The molecule has 0 aliphatic carbocycles. The van der Waals surface area contributed by atoms with Crippen LogP contribution in [0.15, 0.2) is 20.4 Å². The number of alkyl halides is 10. The maximum atomic E-state index is 13.8. The molecule has 0 aromatic rings. The summed E-state index contributed by atoms with van der Waals surface area (Å²) in [4.78, 5) is 0. The van der Waals surface area contributed by atoms with Gasteiger partial charge in [0.1, 0.15) is 0 Å². The molecule has 0 saturated carbocycles. The van der Waals surface area contributed by atoms with Crippen LogP contribution in [0.5, 0.6) is 0 Å². The second-order valence-electron chi connectivity index (χ2n) is 5.78. The Kier molecular flexibility index (Phi) is 7.17. The summed E-state index contributed by atoms with van der Waals surface area (Å²) in [6.45, 7) is 1.67. The molecule has 11 heteroatoms. The van der Waals surface area contributed by atoms with E-state index < -0.39 is 60.1 Å². The van der Waals surface area contributed by atoms with E-state index in [0.717, 1.165) is 12.2 Å². The number of hydrogen-bond acceptors (Lipinski definition) is 0. The quantitative estimate of drug-likeness (QED) is 0.180. The summed E-state index contributed by atoms with van der Waals surface area (Å²) < 4.78 is 133. The zero-order valence-electron chi connectivity index (χ0n) is 13.5. The molecule has 153 valence electrons. The summed E-state index contributed by atoms with van der Waals surface area (Å²) in [6.07, 6.45) is 0.237. The number of hydrogen-bond donors (Lipinski definition) is 0. The van der Waals surface area contributed by atoms with Crippen molar-refractivity contribution in [1.29, 1.82) is 0 Å². The van der Waals surface area contributed by atoms with Crippen LogP contribution in [0.4, 0.5) is 43.9 Å². The van der Waals surface area contributed by atoms with Crippen molar-refractivity contribution in [2.45, 2.75) is 66.7 Å². The predicted molar refractivity (Wildman–Crippen MR) is 77.5 cm³/mol. The molecule has 0 N–H and O–H groups in total. The van der Waals surface area contributed by atoms with Gasteiger partial charge in [-0.3, -0.25) is 0 Å². The van der Waals surface area contributed by atoms with Crippen LogP contribution in [0.2, 0.25) is 0 Å². The Morgan fingerprint density at radius 1 is 0.654 bits per heavy atom. The van der Waals surface area contributed by atoms with E-state index in [9.17, 15) is 43.9 Å². The van der Waals surface area contributed by atoms with Gasteiger partial charge in [-0.15, -0.1) is 0 Å². The first-order valence-electron chi connectivity index (χ1n) is 7.63. The summed E-state index contributed by atoms with van der Waals surface area (Å²) in [5.41, 5.74) is 0. The van der Waals surface area contributed by atoms with Gasteiger partial charge in [0.05, 0.1) is 0 Å². The third-order valence-corrected chi connectivity index (χ3v) is 8.81. The molecular weight excluding hydrogens is 498 g/mol. The molecule has 0 amide bonds. The second-order valence-corrected chi connectivity index (χ2v) is 10.9. The first-order chi connectivity index (χ1) is 11.7. The van der Waals surface area contributed by atoms with Crippen LogP contribution in [0, 0.1) is 0 Å². The van der Waals surface area contributed by atoms with Crippen molar-refractivity contribution in [3.63, 3.8) is 0 Å². The average Bonchev–Trinajstić information content (AvgIpc) is 3.06. The van der Waals surface area contributed by atoms with Crippen LogP contribution in [-0.2, 0) is 0 Å². The van der Waals surface area contributed by atoms with E-state index in [-0.39, 0.29) is 6.42 Å². The van der Waals surface area contributed by atoms with E-state index in [1.54, 1.807) is 6.92 Å². The van der Waals surface area contributed by atoms with Gasteiger partial charge in [-0.25, -0.2) is 0 Å². The summed E-state index contributed by atoms with van der Waals surface area (Å²) >= 11 is -4.52. The van der Waals surface area contributed by atoms with E-state index in [2.05, 4.69) is 0 Å². The molecule has 0 atom stereocenters. The molecule has 1 radical (unpaired) electrons. The minimum absolute atomic E-state index is 0.00752. The van der Waals surface area contributed by atoms with Gasteiger partial charge in [0.2, 0.25) is 0 Å². The molecule has 1 aliphatic heterocycles. The zero-order chi connectivity index (χ0) is 20.4. The van der Waals surface area contributed by atoms with Crippen LogP contribution in [0.1, 0.15) is 39.0 Å². The number of halogens is 10. The molecule has 0 nitrogen and oxygen atoms in total. The van der Waals surface area contributed by atoms with E-state index in [0.29, 0.717) is 21.1 Å². The van der Waals surface area contributed by atoms with Gasteiger partial charge in [0.15, 0.2) is 0 Å². The predicted octanol–water partition coefficient (Wildman–Crippen LogP) is 6.37. The van der Waals surface area contributed by atoms with Gasteiger partial charge in [-0.1, -0.05) is 0 Å². The van der Waals surface area contributed by atoms with Crippen molar-refractivity contribution < 1.29 is 43.9 Å². The average molecular weight is 515 g/mol. The van der Waals surface area contributed by atoms with Gasteiger partial charge in [-0.2, -0.15) is 0 Å². The third-order valence-electron chi connectivity index (χ3n) is 3.82. The molecule has 0 unspecified atom stereocenters. The fourth-order valence-corrected chi connectivity index (χ4v) is 6.09.